The minimum Gasteiger partial charge on any atom is -0.320 e. The molecule has 3 rings (SSSR count). The highest BCUT2D eigenvalue weighted by atomic mass is 16.6. The van der Waals surface area contributed by atoms with E-state index in [0.717, 1.165) is 13.0 Å². The molecule has 0 radical (unpaired) electrons. The number of ketones is 1. The van der Waals surface area contributed by atoms with E-state index in [1.54, 1.807) is 53.6 Å². The summed E-state index contributed by atoms with van der Waals surface area (Å²) in [5.41, 5.74) is 1.19. The van der Waals surface area contributed by atoms with Gasteiger partial charge in [0.1, 0.15) is 5.69 Å². The molecule has 1 aromatic carbocycles. The molecule has 154 valence electrons. The van der Waals surface area contributed by atoms with Crippen LogP contribution in [0.1, 0.15) is 22.5 Å². The molecule has 0 aliphatic rings. The van der Waals surface area contributed by atoms with E-state index >= 15 is 0 Å². The molecular weight excluding hydrogens is 382 g/mol. The summed E-state index contributed by atoms with van der Waals surface area (Å²) < 4.78 is 0. The van der Waals surface area contributed by atoms with Gasteiger partial charge in [-0.25, -0.2) is 4.98 Å². The van der Waals surface area contributed by atoms with Crippen molar-refractivity contribution in [2.75, 3.05) is 32.1 Å². The summed E-state index contributed by atoms with van der Waals surface area (Å²) in [5, 5.41) is 11.6. The molecule has 8 heteroatoms. The molecule has 3 aromatic rings. The molecule has 2 aromatic heterocycles. The number of pyridine rings is 2. The van der Waals surface area contributed by atoms with Gasteiger partial charge in [-0.05, 0) is 57.4 Å². The first-order chi connectivity index (χ1) is 14.5. The van der Waals surface area contributed by atoms with E-state index in [9.17, 15) is 14.9 Å². The van der Waals surface area contributed by atoms with Crippen molar-refractivity contribution in [3.63, 3.8) is 0 Å². The average Bonchev–Trinajstić information content (AvgIpc) is 2.77. The second-order valence-electron chi connectivity index (χ2n) is 6.97. The predicted molar refractivity (Wildman–Crippen MR) is 115 cm³/mol. The molecule has 2 heterocycles. The fourth-order valence-electron chi connectivity index (χ4n) is 3.16. The lowest BCUT2D eigenvalue weighted by atomic mass is 10.0. The van der Waals surface area contributed by atoms with Crippen LogP contribution in [0, 0.1) is 10.1 Å². The van der Waals surface area contributed by atoms with Crippen LogP contribution in [-0.2, 0) is 0 Å². The van der Waals surface area contributed by atoms with Gasteiger partial charge < -0.3 is 9.80 Å². The quantitative estimate of drug-likeness (QED) is 0.304. The molecule has 0 saturated carbocycles. The Bertz CT molecular complexity index is 1020. The van der Waals surface area contributed by atoms with Gasteiger partial charge in [-0.3, -0.25) is 19.9 Å². The SMILES string of the molecule is CN(C)CCCN(c1ccccc1C(=O)c1ccccn1)c1ncccc1[N+](=O)[O-]. The number of rotatable bonds is 9. The summed E-state index contributed by atoms with van der Waals surface area (Å²) in [4.78, 5) is 36.6. The first kappa shape index (κ1) is 21.1. The van der Waals surface area contributed by atoms with Crippen molar-refractivity contribution in [3.05, 3.63) is 88.4 Å². The molecule has 30 heavy (non-hydrogen) atoms. The van der Waals surface area contributed by atoms with Crippen LogP contribution < -0.4 is 4.90 Å². The van der Waals surface area contributed by atoms with Crippen molar-refractivity contribution in [2.24, 2.45) is 0 Å². The summed E-state index contributed by atoms with van der Waals surface area (Å²) in [6.07, 6.45) is 3.81. The molecule has 0 aliphatic heterocycles. The van der Waals surface area contributed by atoms with Crippen molar-refractivity contribution in [3.8, 4) is 0 Å². The Morgan fingerprint density at radius 2 is 1.70 bits per heavy atom. The number of hydrogen-bond acceptors (Lipinski definition) is 7. The zero-order chi connectivity index (χ0) is 21.5. The van der Waals surface area contributed by atoms with Gasteiger partial charge >= 0.3 is 5.69 Å². The van der Waals surface area contributed by atoms with Crippen LogP contribution in [0.2, 0.25) is 0 Å². The van der Waals surface area contributed by atoms with Crippen molar-refractivity contribution in [1.29, 1.82) is 0 Å². The van der Waals surface area contributed by atoms with Gasteiger partial charge in [0.25, 0.3) is 0 Å². The molecule has 0 fully saturated rings. The molecule has 8 nitrogen and oxygen atoms in total. The van der Waals surface area contributed by atoms with Gasteiger partial charge in [-0.1, -0.05) is 18.2 Å². The fourth-order valence-corrected chi connectivity index (χ4v) is 3.16. The molecule has 0 bridgehead atoms. The number of benzene rings is 1. The van der Waals surface area contributed by atoms with Crippen LogP contribution in [0.3, 0.4) is 0 Å². The fraction of sp³-hybridized carbons (Fsp3) is 0.227. The van der Waals surface area contributed by atoms with Crippen molar-refractivity contribution < 1.29 is 9.72 Å². The van der Waals surface area contributed by atoms with Crippen molar-refractivity contribution in [2.45, 2.75) is 6.42 Å². The summed E-state index contributed by atoms with van der Waals surface area (Å²) in [6.45, 7) is 1.25. The second kappa shape index (κ2) is 9.71. The van der Waals surface area contributed by atoms with Crippen molar-refractivity contribution in [1.82, 2.24) is 14.9 Å². The Kier molecular flexibility index (Phi) is 6.82. The largest absolute Gasteiger partial charge is 0.320 e. The maximum atomic E-state index is 13.2. The molecule has 0 saturated heterocycles. The first-order valence-corrected chi connectivity index (χ1v) is 9.55. The zero-order valence-electron chi connectivity index (χ0n) is 16.9. The standard InChI is InChI=1S/C22H23N5O3/c1-25(2)15-8-16-26(22-20(27(29)30)12-7-14-24-22)19-11-4-3-9-17(19)21(28)18-10-5-6-13-23-18/h3-7,9-14H,8,15-16H2,1-2H3. The number of carbonyl (C=O) groups is 1. The molecule has 0 atom stereocenters. The number of aromatic nitrogens is 2. The maximum absolute atomic E-state index is 13.2. The molecule has 0 spiro atoms. The van der Waals surface area contributed by atoms with Crippen LogP contribution in [0.25, 0.3) is 0 Å². The Morgan fingerprint density at radius 3 is 2.40 bits per heavy atom. The first-order valence-electron chi connectivity index (χ1n) is 9.55. The van der Waals surface area contributed by atoms with Gasteiger partial charge in [0, 0.05) is 30.6 Å². The third-order valence-electron chi connectivity index (χ3n) is 4.54. The monoisotopic (exact) mass is 405 g/mol. The number of nitro groups is 1. The highest BCUT2D eigenvalue weighted by molar-refractivity contribution is 6.11. The van der Waals surface area contributed by atoms with Crippen LogP contribution >= 0.6 is 0 Å². The number of anilines is 2. The Morgan fingerprint density at radius 1 is 0.967 bits per heavy atom. The third-order valence-corrected chi connectivity index (χ3v) is 4.54. The summed E-state index contributed by atoms with van der Waals surface area (Å²) in [7, 11) is 3.93. The van der Waals surface area contributed by atoms with Gasteiger partial charge in [0.15, 0.2) is 0 Å². The van der Waals surface area contributed by atoms with Gasteiger partial charge in [0.2, 0.25) is 11.6 Å². The van der Waals surface area contributed by atoms with E-state index in [4.69, 9.17) is 0 Å². The molecule has 0 N–H and O–H groups in total. The molecular formula is C22H23N5O3. The maximum Gasteiger partial charge on any atom is 0.311 e. The van der Waals surface area contributed by atoms with Crippen LogP contribution in [0.5, 0.6) is 0 Å². The van der Waals surface area contributed by atoms with E-state index in [-0.39, 0.29) is 17.3 Å². The molecule has 0 aliphatic carbocycles. The number of nitrogens with zero attached hydrogens (tertiary/aromatic N) is 5. The summed E-state index contributed by atoms with van der Waals surface area (Å²) >= 11 is 0. The van der Waals surface area contributed by atoms with E-state index < -0.39 is 4.92 Å². The zero-order valence-corrected chi connectivity index (χ0v) is 16.9. The van der Waals surface area contributed by atoms with E-state index in [0.29, 0.717) is 23.5 Å². The highest BCUT2D eigenvalue weighted by Gasteiger charge is 2.25. The predicted octanol–water partition coefficient (Wildman–Crippen LogP) is 3.71. The molecule has 0 unspecified atom stereocenters. The third kappa shape index (κ3) is 4.84. The highest BCUT2D eigenvalue weighted by Crippen LogP contribution is 2.34. The number of para-hydroxylation sites is 1. The molecule has 0 amide bonds. The lowest BCUT2D eigenvalue weighted by molar-refractivity contribution is -0.384. The topological polar surface area (TPSA) is 92.5 Å². The smallest absolute Gasteiger partial charge is 0.311 e. The van der Waals surface area contributed by atoms with E-state index in [2.05, 4.69) is 9.97 Å². The van der Waals surface area contributed by atoms with Crippen LogP contribution in [0.4, 0.5) is 17.2 Å². The minimum absolute atomic E-state index is 0.109. The lowest BCUT2D eigenvalue weighted by Crippen LogP contribution is -2.26. The van der Waals surface area contributed by atoms with Gasteiger partial charge in [0.05, 0.1) is 10.6 Å². The summed E-state index contributed by atoms with van der Waals surface area (Å²) in [5.74, 6) is -0.0371. The second-order valence-corrected chi connectivity index (χ2v) is 6.97. The van der Waals surface area contributed by atoms with E-state index in [1.165, 1.54) is 18.3 Å². The Hall–Kier alpha value is -3.65. The lowest BCUT2D eigenvalue weighted by Gasteiger charge is -2.26. The van der Waals surface area contributed by atoms with E-state index in [1.807, 2.05) is 19.0 Å². The Balaban J connectivity index is 2.09. The van der Waals surface area contributed by atoms with Gasteiger partial charge in [-0.15, -0.1) is 0 Å². The Labute approximate surface area is 175 Å². The number of hydrogen-bond donors (Lipinski definition) is 0. The number of carbonyl (C=O) groups excluding carboxylic acids is 1. The normalized spacial score (nSPS) is 10.8. The minimum atomic E-state index is -0.454. The van der Waals surface area contributed by atoms with Crippen molar-refractivity contribution >= 4 is 23.0 Å². The van der Waals surface area contributed by atoms with Crippen LogP contribution in [0.15, 0.2) is 67.0 Å². The average molecular weight is 405 g/mol. The van der Waals surface area contributed by atoms with Gasteiger partial charge in [-0.2, -0.15) is 0 Å². The van der Waals surface area contributed by atoms with Crippen LogP contribution in [-0.4, -0.2) is 52.8 Å². The summed E-state index contributed by atoms with van der Waals surface area (Å²) in [6, 6.07) is 15.2.